The highest BCUT2D eigenvalue weighted by Crippen LogP contribution is 2.27. The second-order valence-electron chi connectivity index (χ2n) is 4.94. The van der Waals surface area contributed by atoms with Crippen LogP contribution in [0.5, 0.6) is 0 Å². The summed E-state index contributed by atoms with van der Waals surface area (Å²) in [7, 11) is 0. The summed E-state index contributed by atoms with van der Waals surface area (Å²) in [6, 6.07) is 7.53. The van der Waals surface area contributed by atoms with E-state index in [-0.39, 0.29) is 5.91 Å². The molecule has 1 aliphatic rings. The van der Waals surface area contributed by atoms with Crippen molar-refractivity contribution in [2.75, 3.05) is 11.4 Å². The summed E-state index contributed by atoms with van der Waals surface area (Å²) in [6.07, 6.45) is 1.63. The molecule has 1 aliphatic heterocycles. The van der Waals surface area contributed by atoms with Gasteiger partial charge in [0.2, 0.25) is 11.9 Å². The first-order valence-corrected chi connectivity index (χ1v) is 6.74. The van der Waals surface area contributed by atoms with Crippen molar-refractivity contribution >= 4 is 22.9 Å². The van der Waals surface area contributed by atoms with Gasteiger partial charge in [-0.1, -0.05) is 25.5 Å². The Hall–Kier alpha value is -1.88. The number of carbonyl (C=O) groups is 1. The number of rotatable bonds is 3. The number of hydrogen-bond donors (Lipinski definition) is 1. The van der Waals surface area contributed by atoms with Crippen LogP contribution in [0, 0.1) is 0 Å². The van der Waals surface area contributed by atoms with E-state index in [1.807, 2.05) is 31.2 Å². The molecule has 1 aromatic heterocycles. The minimum atomic E-state index is -0.420. The van der Waals surface area contributed by atoms with Crippen LogP contribution in [0.15, 0.2) is 24.3 Å². The number of benzene rings is 1. The maximum Gasteiger partial charge on any atom is 0.246 e. The van der Waals surface area contributed by atoms with Gasteiger partial charge in [0, 0.05) is 13.1 Å². The second kappa shape index (κ2) is 4.66. The van der Waals surface area contributed by atoms with Gasteiger partial charge in [-0.25, -0.2) is 4.98 Å². The van der Waals surface area contributed by atoms with Crippen LogP contribution in [0.4, 0.5) is 5.95 Å². The van der Waals surface area contributed by atoms with Crippen LogP contribution in [0.1, 0.15) is 19.8 Å². The average molecular weight is 258 g/mol. The smallest absolute Gasteiger partial charge is 0.246 e. The molecule has 0 radical (unpaired) electrons. The van der Waals surface area contributed by atoms with Crippen molar-refractivity contribution < 1.29 is 4.79 Å². The molecule has 100 valence electrons. The van der Waals surface area contributed by atoms with Gasteiger partial charge in [-0.3, -0.25) is 9.69 Å². The highest BCUT2D eigenvalue weighted by molar-refractivity contribution is 5.98. The summed E-state index contributed by atoms with van der Waals surface area (Å²) in [6.45, 7) is 3.50. The number of para-hydroxylation sites is 2. The molecule has 0 spiro atoms. The maximum absolute atomic E-state index is 12.3. The van der Waals surface area contributed by atoms with Crippen molar-refractivity contribution in [3.05, 3.63) is 24.3 Å². The van der Waals surface area contributed by atoms with Crippen LogP contribution in [-0.2, 0) is 11.3 Å². The molecule has 0 saturated heterocycles. The topological polar surface area (TPSA) is 64.2 Å². The fourth-order valence-corrected chi connectivity index (χ4v) is 2.63. The van der Waals surface area contributed by atoms with Crippen LogP contribution >= 0.6 is 0 Å². The molecule has 0 fully saturated rings. The number of hydrogen-bond acceptors (Lipinski definition) is 3. The van der Waals surface area contributed by atoms with E-state index in [4.69, 9.17) is 5.73 Å². The second-order valence-corrected chi connectivity index (χ2v) is 4.94. The third-order valence-electron chi connectivity index (χ3n) is 3.61. The van der Waals surface area contributed by atoms with E-state index < -0.39 is 6.04 Å². The van der Waals surface area contributed by atoms with Crippen LogP contribution in [0.2, 0.25) is 0 Å². The van der Waals surface area contributed by atoms with Crippen molar-refractivity contribution in [1.82, 2.24) is 9.55 Å². The number of fused-ring (bicyclic) bond motifs is 3. The van der Waals surface area contributed by atoms with E-state index in [0.717, 1.165) is 36.4 Å². The van der Waals surface area contributed by atoms with E-state index in [9.17, 15) is 4.79 Å². The number of carbonyl (C=O) groups excluding carboxylic acids is 1. The van der Waals surface area contributed by atoms with E-state index in [1.54, 1.807) is 4.90 Å². The lowest BCUT2D eigenvalue weighted by atomic mass is 10.1. The SMILES string of the molecule is CCCC(N)C(=O)N1CCn2c1nc1ccccc12. The zero-order chi connectivity index (χ0) is 13.4. The summed E-state index contributed by atoms with van der Waals surface area (Å²) < 4.78 is 2.09. The Balaban J connectivity index is 1.95. The molecule has 1 aromatic carbocycles. The van der Waals surface area contributed by atoms with E-state index in [0.29, 0.717) is 6.54 Å². The van der Waals surface area contributed by atoms with Gasteiger partial charge in [0.15, 0.2) is 0 Å². The van der Waals surface area contributed by atoms with E-state index >= 15 is 0 Å². The Bertz CT molecular complexity index is 619. The molecule has 5 nitrogen and oxygen atoms in total. The molecule has 0 saturated carbocycles. The lowest BCUT2D eigenvalue weighted by Gasteiger charge is -2.18. The van der Waals surface area contributed by atoms with Gasteiger partial charge in [0.1, 0.15) is 0 Å². The third kappa shape index (κ3) is 1.90. The van der Waals surface area contributed by atoms with Crippen LogP contribution in [0.25, 0.3) is 11.0 Å². The molecule has 1 atom stereocenters. The minimum Gasteiger partial charge on any atom is -0.320 e. The first-order valence-electron chi connectivity index (χ1n) is 6.74. The molecule has 1 amide bonds. The summed E-state index contributed by atoms with van der Waals surface area (Å²) in [5.41, 5.74) is 7.94. The Morgan fingerprint density at radius 3 is 3.00 bits per heavy atom. The van der Waals surface area contributed by atoms with Gasteiger partial charge in [0.25, 0.3) is 0 Å². The highest BCUT2D eigenvalue weighted by Gasteiger charge is 2.30. The number of nitrogens with two attached hydrogens (primary N) is 1. The molecule has 2 aromatic rings. The quantitative estimate of drug-likeness (QED) is 0.907. The Morgan fingerprint density at radius 1 is 1.42 bits per heavy atom. The highest BCUT2D eigenvalue weighted by atomic mass is 16.2. The van der Waals surface area contributed by atoms with Crippen molar-refractivity contribution in [1.29, 1.82) is 0 Å². The van der Waals surface area contributed by atoms with Crippen LogP contribution < -0.4 is 10.6 Å². The van der Waals surface area contributed by atoms with Crippen molar-refractivity contribution in [2.45, 2.75) is 32.4 Å². The standard InChI is InChI=1S/C14H18N4O/c1-2-5-10(15)13(19)18-9-8-17-12-7-4-3-6-11(12)16-14(17)18/h3-4,6-7,10H,2,5,8-9,15H2,1H3. The molecule has 2 N–H and O–H groups in total. The van der Waals surface area contributed by atoms with E-state index in [1.165, 1.54) is 0 Å². The zero-order valence-electron chi connectivity index (χ0n) is 11.0. The minimum absolute atomic E-state index is 0.0177. The molecule has 1 unspecified atom stereocenters. The van der Waals surface area contributed by atoms with E-state index in [2.05, 4.69) is 9.55 Å². The van der Waals surface area contributed by atoms with Gasteiger partial charge in [-0.15, -0.1) is 0 Å². The molecule has 19 heavy (non-hydrogen) atoms. The largest absolute Gasteiger partial charge is 0.320 e. The fraction of sp³-hybridized carbons (Fsp3) is 0.429. The number of aromatic nitrogens is 2. The van der Waals surface area contributed by atoms with Crippen molar-refractivity contribution in [2.24, 2.45) is 5.73 Å². The molecule has 3 rings (SSSR count). The fourth-order valence-electron chi connectivity index (χ4n) is 2.63. The molecule has 5 heteroatoms. The number of imidazole rings is 1. The Morgan fingerprint density at radius 2 is 2.21 bits per heavy atom. The summed E-state index contributed by atoms with van der Waals surface area (Å²) in [5, 5.41) is 0. The van der Waals surface area contributed by atoms with Crippen LogP contribution in [-0.4, -0.2) is 28.0 Å². The normalized spacial score (nSPS) is 15.8. The zero-order valence-corrected chi connectivity index (χ0v) is 11.0. The maximum atomic E-state index is 12.3. The lowest BCUT2D eigenvalue weighted by Crippen LogP contribution is -2.43. The predicted molar refractivity (Wildman–Crippen MR) is 75.0 cm³/mol. The molecule has 0 aliphatic carbocycles. The molecular formula is C14H18N4O. The lowest BCUT2D eigenvalue weighted by molar-refractivity contribution is -0.119. The van der Waals surface area contributed by atoms with Crippen molar-refractivity contribution in [3.63, 3.8) is 0 Å². The molecular weight excluding hydrogens is 240 g/mol. The number of anilines is 1. The summed E-state index contributed by atoms with van der Waals surface area (Å²) >= 11 is 0. The van der Waals surface area contributed by atoms with Crippen LogP contribution in [0.3, 0.4) is 0 Å². The number of amides is 1. The summed E-state index contributed by atoms with van der Waals surface area (Å²) in [4.78, 5) is 18.6. The van der Waals surface area contributed by atoms with Crippen molar-refractivity contribution in [3.8, 4) is 0 Å². The molecule has 0 bridgehead atoms. The Kier molecular flexibility index (Phi) is 2.98. The first kappa shape index (κ1) is 12.2. The first-order chi connectivity index (χ1) is 9.22. The summed E-state index contributed by atoms with van der Waals surface area (Å²) in [5.74, 6) is 0.716. The van der Waals surface area contributed by atoms with Gasteiger partial charge < -0.3 is 10.3 Å². The number of nitrogens with zero attached hydrogens (tertiary/aromatic N) is 3. The van der Waals surface area contributed by atoms with Gasteiger partial charge >= 0.3 is 0 Å². The van der Waals surface area contributed by atoms with Gasteiger partial charge in [-0.2, -0.15) is 0 Å². The Labute approximate surface area is 112 Å². The monoisotopic (exact) mass is 258 g/mol. The molecule has 2 heterocycles. The van der Waals surface area contributed by atoms with Gasteiger partial charge in [-0.05, 0) is 18.6 Å². The predicted octanol–water partition coefficient (Wildman–Crippen LogP) is 1.51. The third-order valence-corrected chi connectivity index (χ3v) is 3.61. The average Bonchev–Trinajstić information content (AvgIpc) is 2.96. The van der Waals surface area contributed by atoms with Gasteiger partial charge in [0.05, 0.1) is 17.1 Å².